The molecule has 0 aromatic carbocycles. The normalized spacial score (nSPS) is 8.50. The SMILES string of the molecule is CC(=O)C(=N)C(=O)C(N)=O. The number of carbonyl (C=O) groups is 3. The highest BCUT2D eigenvalue weighted by Crippen LogP contribution is 1.78. The second kappa shape index (κ2) is 2.86. The molecule has 0 aromatic heterocycles. The molecule has 0 rings (SSSR count). The van der Waals surface area contributed by atoms with Crippen molar-refractivity contribution in [3.63, 3.8) is 0 Å². The van der Waals surface area contributed by atoms with Crippen LogP contribution in [0, 0.1) is 5.41 Å². The van der Waals surface area contributed by atoms with E-state index in [9.17, 15) is 14.4 Å². The first kappa shape index (κ1) is 8.48. The Hall–Kier alpha value is -1.52. The first-order valence-corrected chi connectivity index (χ1v) is 2.40. The lowest BCUT2D eigenvalue weighted by Gasteiger charge is -1.90. The Morgan fingerprint density at radius 3 is 1.80 bits per heavy atom. The quantitative estimate of drug-likeness (QED) is 0.289. The van der Waals surface area contributed by atoms with Crippen LogP contribution < -0.4 is 5.73 Å². The number of amides is 1. The molecule has 5 heteroatoms. The van der Waals surface area contributed by atoms with Crippen LogP contribution in [0.15, 0.2) is 0 Å². The monoisotopic (exact) mass is 142 g/mol. The van der Waals surface area contributed by atoms with Gasteiger partial charge in [0.25, 0.3) is 11.7 Å². The standard InChI is InChI=1S/C5H6N2O3/c1-2(8)3(6)4(9)5(7)10/h6H,1H3,(H2,7,10). The Morgan fingerprint density at radius 2 is 1.70 bits per heavy atom. The molecule has 0 aliphatic heterocycles. The number of hydrogen-bond donors (Lipinski definition) is 2. The van der Waals surface area contributed by atoms with Crippen molar-refractivity contribution >= 4 is 23.2 Å². The molecule has 1 amide bonds. The van der Waals surface area contributed by atoms with Gasteiger partial charge in [-0.1, -0.05) is 0 Å². The highest BCUT2D eigenvalue weighted by Gasteiger charge is 2.18. The fraction of sp³-hybridized carbons (Fsp3) is 0.200. The van der Waals surface area contributed by atoms with Crippen molar-refractivity contribution in [3.05, 3.63) is 0 Å². The van der Waals surface area contributed by atoms with Gasteiger partial charge in [-0.25, -0.2) is 0 Å². The van der Waals surface area contributed by atoms with Crippen molar-refractivity contribution in [2.75, 3.05) is 0 Å². The number of Topliss-reactive ketones (excluding diaryl/α,β-unsaturated/α-hetero) is 2. The molecular weight excluding hydrogens is 136 g/mol. The third-order valence-electron chi connectivity index (χ3n) is 0.803. The third-order valence-corrected chi connectivity index (χ3v) is 0.803. The molecule has 0 atom stereocenters. The number of carbonyl (C=O) groups excluding carboxylic acids is 3. The van der Waals surface area contributed by atoms with E-state index in [1.54, 1.807) is 0 Å². The van der Waals surface area contributed by atoms with Gasteiger partial charge in [0.1, 0.15) is 0 Å². The lowest BCUT2D eigenvalue weighted by molar-refractivity contribution is -0.132. The summed E-state index contributed by atoms with van der Waals surface area (Å²) in [7, 11) is 0. The molecule has 0 spiro atoms. The molecule has 0 aliphatic carbocycles. The summed E-state index contributed by atoms with van der Waals surface area (Å²) in [4.78, 5) is 30.6. The van der Waals surface area contributed by atoms with Crippen LogP contribution in [0.5, 0.6) is 0 Å². The van der Waals surface area contributed by atoms with Crippen molar-refractivity contribution in [2.45, 2.75) is 6.92 Å². The summed E-state index contributed by atoms with van der Waals surface area (Å²) in [5.41, 5.74) is 3.63. The largest absolute Gasteiger partial charge is 0.363 e. The molecule has 0 aromatic rings. The molecule has 10 heavy (non-hydrogen) atoms. The maximum absolute atomic E-state index is 10.4. The van der Waals surface area contributed by atoms with Crippen molar-refractivity contribution < 1.29 is 14.4 Å². The van der Waals surface area contributed by atoms with Crippen LogP contribution in [0.2, 0.25) is 0 Å². The van der Waals surface area contributed by atoms with E-state index in [2.05, 4.69) is 5.73 Å². The molecule has 0 radical (unpaired) electrons. The van der Waals surface area contributed by atoms with Gasteiger partial charge in [-0.3, -0.25) is 19.8 Å². The molecule has 0 saturated carbocycles. The molecule has 0 fully saturated rings. The first-order chi connectivity index (χ1) is 4.46. The number of ketones is 2. The van der Waals surface area contributed by atoms with E-state index in [0.717, 1.165) is 6.92 Å². The van der Waals surface area contributed by atoms with Crippen LogP contribution in [0.25, 0.3) is 0 Å². The Morgan fingerprint density at radius 1 is 1.30 bits per heavy atom. The third kappa shape index (κ3) is 1.77. The fourth-order valence-corrected chi connectivity index (χ4v) is 0.283. The lowest BCUT2D eigenvalue weighted by Crippen LogP contribution is -2.33. The number of primary amides is 1. The minimum atomic E-state index is -1.28. The van der Waals surface area contributed by atoms with Gasteiger partial charge in [-0.2, -0.15) is 0 Å². The number of nitrogens with one attached hydrogen (secondary N) is 1. The van der Waals surface area contributed by atoms with E-state index in [1.807, 2.05) is 0 Å². The van der Waals surface area contributed by atoms with E-state index in [1.165, 1.54) is 0 Å². The maximum Gasteiger partial charge on any atom is 0.291 e. The molecule has 3 N–H and O–H groups in total. The van der Waals surface area contributed by atoms with E-state index in [4.69, 9.17) is 5.41 Å². The predicted molar refractivity (Wildman–Crippen MR) is 32.6 cm³/mol. The number of rotatable bonds is 3. The first-order valence-electron chi connectivity index (χ1n) is 2.40. The van der Waals surface area contributed by atoms with Gasteiger partial charge in [0.15, 0.2) is 11.5 Å². The van der Waals surface area contributed by atoms with Crippen LogP contribution in [-0.4, -0.2) is 23.2 Å². The fourth-order valence-electron chi connectivity index (χ4n) is 0.283. The van der Waals surface area contributed by atoms with Crippen LogP contribution >= 0.6 is 0 Å². The topological polar surface area (TPSA) is 101 Å². The Bertz CT molecular complexity index is 195. The van der Waals surface area contributed by atoms with E-state index in [0.29, 0.717) is 0 Å². The smallest absolute Gasteiger partial charge is 0.291 e. The summed E-state index contributed by atoms with van der Waals surface area (Å²) >= 11 is 0. The van der Waals surface area contributed by atoms with Crippen LogP contribution in [0.4, 0.5) is 0 Å². The molecular formula is C5H6N2O3. The highest BCUT2D eigenvalue weighted by atomic mass is 16.2. The summed E-state index contributed by atoms with van der Waals surface area (Å²) in [6.07, 6.45) is 0. The Labute approximate surface area is 56.7 Å². The second-order valence-electron chi connectivity index (χ2n) is 1.62. The molecule has 0 saturated heterocycles. The van der Waals surface area contributed by atoms with Gasteiger partial charge in [0, 0.05) is 6.92 Å². The molecule has 54 valence electrons. The zero-order valence-corrected chi connectivity index (χ0v) is 5.30. The molecule has 0 heterocycles. The lowest BCUT2D eigenvalue weighted by atomic mass is 10.2. The Kier molecular flexibility index (Phi) is 2.43. The summed E-state index contributed by atoms with van der Waals surface area (Å²) in [6.45, 7) is 1.02. The van der Waals surface area contributed by atoms with Gasteiger partial charge < -0.3 is 5.73 Å². The highest BCUT2D eigenvalue weighted by molar-refractivity contribution is 6.78. The van der Waals surface area contributed by atoms with Gasteiger partial charge in [-0.15, -0.1) is 0 Å². The van der Waals surface area contributed by atoms with Gasteiger partial charge >= 0.3 is 0 Å². The molecule has 5 nitrogen and oxygen atoms in total. The summed E-state index contributed by atoms with van der Waals surface area (Å²) in [6, 6.07) is 0. The van der Waals surface area contributed by atoms with Gasteiger partial charge in [-0.05, 0) is 0 Å². The predicted octanol–water partition coefficient (Wildman–Crippen LogP) is -1.35. The zero-order valence-electron chi connectivity index (χ0n) is 5.30. The summed E-state index contributed by atoms with van der Waals surface area (Å²) in [5, 5.41) is 6.68. The van der Waals surface area contributed by atoms with E-state index < -0.39 is 23.2 Å². The van der Waals surface area contributed by atoms with Gasteiger partial charge in [0.05, 0.1) is 0 Å². The summed E-state index contributed by atoms with van der Waals surface area (Å²) in [5.74, 6) is -3.28. The summed E-state index contributed by atoms with van der Waals surface area (Å²) < 4.78 is 0. The molecule has 0 aliphatic rings. The van der Waals surface area contributed by atoms with Crippen LogP contribution in [0.1, 0.15) is 6.92 Å². The minimum absolute atomic E-state index is 0.760. The number of nitrogens with two attached hydrogens (primary N) is 1. The van der Waals surface area contributed by atoms with Crippen molar-refractivity contribution in [3.8, 4) is 0 Å². The molecule has 0 bridgehead atoms. The average molecular weight is 142 g/mol. The van der Waals surface area contributed by atoms with Gasteiger partial charge in [0.2, 0.25) is 0 Å². The average Bonchev–Trinajstić information content (AvgIpc) is 1.84. The zero-order chi connectivity index (χ0) is 8.31. The number of hydrogen-bond acceptors (Lipinski definition) is 4. The van der Waals surface area contributed by atoms with Crippen molar-refractivity contribution in [1.82, 2.24) is 0 Å². The van der Waals surface area contributed by atoms with E-state index in [-0.39, 0.29) is 0 Å². The van der Waals surface area contributed by atoms with E-state index >= 15 is 0 Å². The maximum atomic E-state index is 10.4. The van der Waals surface area contributed by atoms with Crippen LogP contribution in [-0.2, 0) is 14.4 Å². The van der Waals surface area contributed by atoms with Crippen molar-refractivity contribution in [1.29, 1.82) is 5.41 Å². The van der Waals surface area contributed by atoms with Crippen molar-refractivity contribution in [2.24, 2.45) is 5.73 Å². The molecule has 0 unspecified atom stereocenters. The van der Waals surface area contributed by atoms with Crippen LogP contribution in [0.3, 0.4) is 0 Å². The minimum Gasteiger partial charge on any atom is -0.363 e. The Balaban J connectivity index is 4.39. The second-order valence-corrected chi connectivity index (χ2v) is 1.62.